The second-order valence-electron chi connectivity index (χ2n) is 7.81. The summed E-state index contributed by atoms with van der Waals surface area (Å²) in [6, 6.07) is 3.63. The molecule has 2 aromatic rings. The number of anilines is 1. The summed E-state index contributed by atoms with van der Waals surface area (Å²) in [5.74, 6) is 7.15. The summed E-state index contributed by atoms with van der Waals surface area (Å²) in [6.07, 6.45) is 8.52. The van der Waals surface area contributed by atoms with Crippen LogP contribution in [0.15, 0.2) is 23.8 Å². The Morgan fingerprint density at radius 2 is 1.97 bits per heavy atom. The van der Waals surface area contributed by atoms with E-state index in [2.05, 4.69) is 32.4 Å². The van der Waals surface area contributed by atoms with Gasteiger partial charge in [-0.05, 0) is 44.7 Å². The molecule has 2 aromatic heterocycles. The van der Waals surface area contributed by atoms with Gasteiger partial charge in [0.15, 0.2) is 0 Å². The minimum absolute atomic E-state index is 0.0403. The molecule has 29 heavy (non-hydrogen) atoms. The Bertz CT molecular complexity index is 961. The number of carbonyl (C=O) groups is 2. The molecular formula is C22H24N4O2S. The summed E-state index contributed by atoms with van der Waals surface area (Å²) in [5.41, 5.74) is 2.69. The van der Waals surface area contributed by atoms with Crippen LogP contribution in [0, 0.1) is 24.7 Å². The van der Waals surface area contributed by atoms with Gasteiger partial charge in [-0.3, -0.25) is 9.59 Å². The first kappa shape index (κ1) is 19.6. The lowest BCUT2D eigenvalue weighted by molar-refractivity contribution is -0.117. The van der Waals surface area contributed by atoms with Gasteiger partial charge >= 0.3 is 0 Å². The number of nitrogens with zero attached hydrogens (tertiary/aromatic N) is 2. The van der Waals surface area contributed by atoms with E-state index in [0.717, 1.165) is 56.2 Å². The van der Waals surface area contributed by atoms with Gasteiger partial charge in [-0.25, -0.2) is 9.97 Å². The summed E-state index contributed by atoms with van der Waals surface area (Å²) < 4.78 is 0. The van der Waals surface area contributed by atoms with Gasteiger partial charge in [-0.15, -0.1) is 11.3 Å². The highest BCUT2D eigenvalue weighted by Gasteiger charge is 2.33. The van der Waals surface area contributed by atoms with Crippen LogP contribution in [0.3, 0.4) is 0 Å². The maximum atomic E-state index is 12.8. The molecule has 0 spiro atoms. The van der Waals surface area contributed by atoms with Crippen molar-refractivity contribution in [2.75, 3.05) is 5.32 Å². The van der Waals surface area contributed by atoms with Crippen LogP contribution in [0.1, 0.15) is 65.9 Å². The van der Waals surface area contributed by atoms with Crippen molar-refractivity contribution in [3.05, 3.63) is 40.0 Å². The summed E-state index contributed by atoms with van der Waals surface area (Å²) in [4.78, 5) is 33.7. The van der Waals surface area contributed by atoms with E-state index in [1.807, 2.05) is 13.0 Å². The fraction of sp³-hybridized carbons (Fsp3) is 0.455. The molecule has 2 aliphatic rings. The van der Waals surface area contributed by atoms with Crippen molar-refractivity contribution in [2.45, 2.75) is 57.4 Å². The summed E-state index contributed by atoms with van der Waals surface area (Å²) >= 11 is 1.36. The number of aryl methyl sites for hydroxylation is 1. The number of nitrogens with one attached hydrogen (secondary N) is 2. The average Bonchev–Trinajstić information content (AvgIpc) is 3.49. The third-order valence-corrected chi connectivity index (χ3v) is 6.35. The highest BCUT2D eigenvalue weighted by Crippen LogP contribution is 2.30. The third-order valence-electron chi connectivity index (χ3n) is 5.42. The molecular weight excluding hydrogens is 384 g/mol. The number of pyridine rings is 1. The third kappa shape index (κ3) is 4.83. The molecule has 2 fully saturated rings. The molecule has 2 N–H and O–H groups in total. The Balaban J connectivity index is 1.48. The van der Waals surface area contributed by atoms with E-state index in [-0.39, 0.29) is 17.7 Å². The number of hydrogen-bond acceptors (Lipinski definition) is 5. The number of aromatic nitrogens is 2. The zero-order valence-corrected chi connectivity index (χ0v) is 17.3. The lowest BCUT2D eigenvalue weighted by Crippen LogP contribution is -2.48. The van der Waals surface area contributed by atoms with Crippen molar-refractivity contribution in [1.82, 2.24) is 15.3 Å². The lowest BCUT2D eigenvalue weighted by Gasteiger charge is -2.33. The topological polar surface area (TPSA) is 84.0 Å². The Kier molecular flexibility index (Phi) is 5.63. The van der Waals surface area contributed by atoms with Crippen molar-refractivity contribution in [1.29, 1.82) is 0 Å². The van der Waals surface area contributed by atoms with Crippen molar-refractivity contribution in [2.24, 2.45) is 5.92 Å². The first-order valence-electron chi connectivity index (χ1n) is 10.1. The molecule has 0 bridgehead atoms. The largest absolute Gasteiger partial charge is 0.335 e. The number of hydrogen-bond donors (Lipinski definition) is 2. The van der Waals surface area contributed by atoms with Crippen LogP contribution in [0.25, 0.3) is 0 Å². The second kappa shape index (κ2) is 8.34. The normalized spacial score (nSPS) is 17.7. The molecule has 0 aromatic carbocycles. The maximum Gasteiger partial charge on any atom is 0.264 e. The van der Waals surface area contributed by atoms with Gasteiger partial charge in [0.1, 0.15) is 16.2 Å². The monoisotopic (exact) mass is 408 g/mol. The highest BCUT2D eigenvalue weighted by molar-refractivity contribution is 7.11. The number of amides is 2. The average molecular weight is 409 g/mol. The predicted molar refractivity (Wildman–Crippen MR) is 113 cm³/mol. The SMILES string of the molecule is Cc1ncsc1C(=O)NC1(C#Cc2ccc(NC(=O)C3CC3)nc2)CCCCC1. The van der Waals surface area contributed by atoms with Gasteiger partial charge in [0.25, 0.3) is 5.91 Å². The van der Waals surface area contributed by atoms with E-state index >= 15 is 0 Å². The Morgan fingerprint density at radius 3 is 2.59 bits per heavy atom. The number of rotatable bonds is 4. The molecule has 7 heteroatoms. The van der Waals surface area contributed by atoms with E-state index in [1.54, 1.807) is 17.8 Å². The molecule has 2 saturated carbocycles. The lowest BCUT2D eigenvalue weighted by atomic mass is 9.82. The Labute approximate surface area is 174 Å². The van der Waals surface area contributed by atoms with Gasteiger partial charge in [-0.2, -0.15) is 0 Å². The van der Waals surface area contributed by atoms with E-state index in [0.29, 0.717) is 10.7 Å². The highest BCUT2D eigenvalue weighted by atomic mass is 32.1. The second-order valence-corrected chi connectivity index (χ2v) is 8.66. The maximum absolute atomic E-state index is 12.8. The van der Waals surface area contributed by atoms with Gasteiger partial charge in [0.05, 0.1) is 11.2 Å². The molecule has 0 atom stereocenters. The molecule has 6 nitrogen and oxygen atoms in total. The molecule has 0 radical (unpaired) electrons. The van der Waals surface area contributed by atoms with Gasteiger partial charge in [-0.1, -0.05) is 31.1 Å². The first-order chi connectivity index (χ1) is 14.0. The molecule has 0 unspecified atom stereocenters. The van der Waals surface area contributed by atoms with Crippen molar-refractivity contribution < 1.29 is 9.59 Å². The first-order valence-corrected chi connectivity index (χ1v) is 11.0. The summed E-state index contributed by atoms with van der Waals surface area (Å²) in [6.45, 7) is 1.85. The van der Waals surface area contributed by atoms with E-state index < -0.39 is 5.54 Å². The van der Waals surface area contributed by atoms with Crippen LogP contribution < -0.4 is 10.6 Å². The van der Waals surface area contributed by atoms with Crippen molar-refractivity contribution in [3.63, 3.8) is 0 Å². The van der Waals surface area contributed by atoms with E-state index in [1.165, 1.54) is 11.3 Å². The molecule has 2 heterocycles. The molecule has 0 aliphatic heterocycles. The minimum Gasteiger partial charge on any atom is -0.335 e. The molecule has 0 saturated heterocycles. The fourth-order valence-corrected chi connectivity index (χ4v) is 4.24. The van der Waals surface area contributed by atoms with Gasteiger partial charge < -0.3 is 10.6 Å². The van der Waals surface area contributed by atoms with Crippen LogP contribution in [0.4, 0.5) is 5.82 Å². The van der Waals surface area contributed by atoms with Gasteiger partial charge in [0, 0.05) is 17.7 Å². The summed E-state index contributed by atoms with van der Waals surface area (Å²) in [7, 11) is 0. The standard InChI is InChI=1S/C22H24N4O2S/c1-15-19(29-14-24-15)21(28)26-22(10-3-2-4-11-22)12-9-16-5-8-18(23-13-16)25-20(27)17-6-7-17/h5,8,13-14,17H,2-4,6-7,10-11H2,1H3,(H,26,28)(H,23,25,27). The van der Waals surface area contributed by atoms with Crippen LogP contribution in [0.2, 0.25) is 0 Å². The van der Waals surface area contributed by atoms with Crippen LogP contribution in [0.5, 0.6) is 0 Å². The van der Waals surface area contributed by atoms with Crippen LogP contribution in [-0.2, 0) is 4.79 Å². The van der Waals surface area contributed by atoms with Crippen LogP contribution >= 0.6 is 11.3 Å². The predicted octanol–water partition coefficient (Wildman–Crippen LogP) is 3.68. The van der Waals surface area contributed by atoms with Crippen LogP contribution in [-0.4, -0.2) is 27.3 Å². The molecule has 2 amide bonds. The Hall–Kier alpha value is -2.72. The van der Waals surface area contributed by atoms with Gasteiger partial charge in [0.2, 0.25) is 5.91 Å². The number of thiazole rings is 1. The summed E-state index contributed by atoms with van der Waals surface area (Å²) in [5, 5.41) is 6.01. The fourth-order valence-electron chi connectivity index (χ4n) is 3.54. The number of carbonyl (C=O) groups excluding carboxylic acids is 2. The minimum atomic E-state index is -0.523. The molecule has 2 aliphatic carbocycles. The molecule has 150 valence electrons. The smallest absolute Gasteiger partial charge is 0.264 e. The van der Waals surface area contributed by atoms with Crippen molar-refractivity contribution in [3.8, 4) is 11.8 Å². The Morgan fingerprint density at radius 1 is 1.17 bits per heavy atom. The van der Waals surface area contributed by atoms with E-state index in [9.17, 15) is 9.59 Å². The quantitative estimate of drug-likeness (QED) is 0.756. The van der Waals surface area contributed by atoms with E-state index in [4.69, 9.17) is 0 Å². The zero-order chi connectivity index (χ0) is 20.3. The van der Waals surface area contributed by atoms with Crippen molar-refractivity contribution >= 4 is 29.0 Å². The molecule has 4 rings (SSSR count). The zero-order valence-electron chi connectivity index (χ0n) is 16.5.